The number of fused-ring (bicyclic) bond motifs is 1. The van der Waals surface area contributed by atoms with Crippen LogP contribution in [0.5, 0.6) is 0 Å². The Morgan fingerprint density at radius 1 is 1.26 bits per heavy atom. The fraction of sp³-hybridized carbons (Fsp3) is 0.333. The van der Waals surface area contributed by atoms with Gasteiger partial charge in [-0.05, 0) is 18.9 Å². The number of hydrogen-bond donors (Lipinski definition) is 1. The standard InChI is InChI=1S/C12H12N6S/c13-9-4-8(5-14-6-9)11-17-18-10(7-2-1-3-7)15-16-12(18)19-11/h4-7H,1-3,13H2. The molecule has 19 heavy (non-hydrogen) atoms. The van der Waals surface area contributed by atoms with Gasteiger partial charge in [-0.1, -0.05) is 17.8 Å². The van der Waals surface area contributed by atoms with E-state index in [2.05, 4.69) is 20.3 Å². The summed E-state index contributed by atoms with van der Waals surface area (Å²) in [5.41, 5.74) is 7.32. The molecule has 1 aliphatic carbocycles. The van der Waals surface area contributed by atoms with Gasteiger partial charge in [0.15, 0.2) is 5.82 Å². The minimum Gasteiger partial charge on any atom is -0.397 e. The molecule has 3 heterocycles. The lowest BCUT2D eigenvalue weighted by Crippen LogP contribution is -2.12. The summed E-state index contributed by atoms with van der Waals surface area (Å²) in [7, 11) is 0. The van der Waals surface area contributed by atoms with Gasteiger partial charge in [0.2, 0.25) is 4.96 Å². The van der Waals surface area contributed by atoms with Crippen molar-refractivity contribution in [3.63, 3.8) is 0 Å². The van der Waals surface area contributed by atoms with E-state index in [4.69, 9.17) is 5.73 Å². The highest BCUT2D eigenvalue weighted by Gasteiger charge is 2.26. The van der Waals surface area contributed by atoms with Crippen LogP contribution in [-0.2, 0) is 0 Å². The molecule has 0 unspecified atom stereocenters. The maximum atomic E-state index is 5.75. The van der Waals surface area contributed by atoms with Gasteiger partial charge < -0.3 is 5.73 Å². The van der Waals surface area contributed by atoms with Crippen molar-refractivity contribution in [2.45, 2.75) is 25.2 Å². The third-order valence-corrected chi connectivity index (χ3v) is 4.44. The zero-order valence-corrected chi connectivity index (χ0v) is 11.0. The van der Waals surface area contributed by atoms with Gasteiger partial charge in [0.25, 0.3) is 0 Å². The Labute approximate surface area is 113 Å². The number of nitrogen functional groups attached to an aromatic ring is 1. The highest BCUT2D eigenvalue weighted by atomic mass is 32.1. The molecule has 1 saturated carbocycles. The second-order valence-corrected chi connectivity index (χ2v) is 5.75. The molecule has 1 aliphatic rings. The van der Waals surface area contributed by atoms with E-state index < -0.39 is 0 Å². The van der Waals surface area contributed by atoms with E-state index in [0.717, 1.165) is 21.4 Å². The normalized spacial score (nSPS) is 15.8. The SMILES string of the molecule is Nc1cncc(-c2nn3c(C4CCC4)nnc3s2)c1. The molecule has 96 valence electrons. The van der Waals surface area contributed by atoms with Crippen LogP contribution in [0.1, 0.15) is 31.0 Å². The Balaban J connectivity index is 1.81. The molecule has 1 fully saturated rings. The number of aromatic nitrogens is 5. The largest absolute Gasteiger partial charge is 0.397 e. The van der Waals surface area contributed by atoms with Crippen LogP contribution in [0.2, 0.25) is 0 Å². The lowest BCUT2D eigenvalue weighted by atomic mass is 9.85. The van der Waals surface area contributed by atoms with E-state index in [-0.39, 0.29) is 0 Å². The molecule has 7 heteroatoms. The lowest BCUT2D eigenvalue weighted by Gasteiger charge is -2.22. The second kappa shape index (κ2) is 3.99. The topological polar surface area (TPSA) is 82.0 Å². The van der Waals surface area contributed by atoms with Crippen LogP contribution in [-0.4, -0.2) is 24.8 Å². The van der Waals surface area contributed by atoms with Crippen molar-refractivity contribution in [2.24, 2.45) is 0 Å². The van der Waals surface area contributed by atoms with E-state index >= 15 is 0 Å². The molecule has 2 N–H and O–H groups in total. The van der Waals surface area contributed by atoms with Crippen LogP contribution < -0.4 is 5.73 Å². The van der Waals surface area contributed by atoms with Crippen LogP contribution in [0.25, 0.3) is 15.5 Å². The summed E-state index contributed by atoms with van der Waals surface area (Å²) >= 11 is 1.51. The first-order valence-corrected chi connectivity index (χ1v) is 7.06. The number of nitrogens with zero attached hydrogens (tertiary/aromatic N) is 5. The van der Waals surface area contributed by atoms with Gasteiger partial charge in [-0.2, -0.15) is 9.61 Å². The Bertz CT molecular complexity index is 742. The third kappa shape index (κ3) is 1.69. The maximum absolute atomic E-state index is 5.75. The van der Waals surface area contributed by atoms with Crippen molar-refractivity contribution in [1.82, 2.24) is 24.8 Å². The van der Waals surface area contributed by atoms with Crippen molar-refractivity contribution in [2.75, 3.05) is 5.73 Å². The van der Waals surface area contributed by atoms with Crippen LogP contribution in [0.4, 0.5) is 5.69 Å². The first-order valence-electron chi connectivity index (χ1n) is 6.24. The first kappa shape index (κ1) is 10.9. The van der Waals surface area contributed by atoms with Crippen molar-refractivity contribution in [3.05, 3.63) is 24.3 Å². The summed E-state index contributed by atoms with van der Waals surface area (Å²) in [6.45, 7) is 0. The van der Waals surface area contributed by atoms with Crippen molar-refractivity contribution in [1.29, 1.82) is 0 Å². The van der Waals surface area contributed by atoms with E-state index in [1.54, 1.807) is 12.4 Å². The van der Waals surface area contributed by atoms with Crippen molar-refractivity contribution >= 4 is 22.0 Å². The highest BCUT2D eigenvalue weighted by molar-refractivity contribution is 7.19. The molecule has 0 aromatic carbocycles. The number of rotatable bonds is 2. The number of pyridine rings is 1. The van der Waals surface area contributed by atoms with Crippen LogP contribution in [0.15, 0.2) is 18.5 Å². The first-order chi connectivity index (χ1) is 9.31. The van der Waals surface area contributed by atoms with Gasteiger partial charge in [-0.25, -0.2) is 0 Å². The zero-order chi connectivity index (χ0) is 12.8. The van der Waals surface area contributed by atoms with Gasteiger partial charge >= 0.3 is 0 Å². The smallest absolute Gasteiger partial charge is 0.234 e. The molecule has 0 radical (unpaired) electrons. The molecule has 0 atom stereocenters. The van der Waals surface area contributed by atoms with E-state index in [1.165, 1.54) is 30.6 Å². The monoisotopic (exact) mass is 272 g/mol. The van der Waals surface area contributed by atoms with E-state index in [0.29, 0.717) is 11.6 Å². The molecule has 3 aromatic rings. The van der Waals surface area contributed by atoms with Crippen LogP contribution in [0, 0.1) is 0 Å². The summed E-state index contributed by atoms with van der Waals surface area (Å²) in [5.74, 6) is 1.50. The van der Waals surface area contributed by atoms with Gasteiger partial charge in [0, 0.05) is 23.9 Å². The fourth-order valence-corrected chi connectivity index (χ4v) is 3.07. The molecule has 6 nitrogen and oxygen atoms in total. The molecule has 4 rings (SSSR count). The Morgan fingerprint density at radius 3 is 2.89 bits per heavy atom. The molecule has 3 aromatic heterocycles. The molecule has 0 amide bonds. The van der Waals surface area contributed by atoms with Crippen LogP contribution >= 0.6 is 11.3 Å². The molecule has 0 aliphatic heterocycles. The van der Waals surface area contributed by atoms with Gasteiger partial charge in [-0.15, -0.1) is 10.2 Å². The predicted octanol–water partition coefficient (Wildman–Crippen LogP) is 2.10. The zero-order valence-electron chi connectivity index (χ0n) is 10.2. The summed E-state index contributed by atoms with van der Waals surface area (Å²) < 4.78 is 1.87. The molecule has 0 saturated heterocycles. The minimum atomic E-state index is 0.518. The minimum absolute atomic E-state index is 0.518. The molecular weight excluding hydrogens is 260 g/mol. The maximum Gasteiger partial charge on any atom is 0.234 e. The van der Waals surface area contributed by atoms with Gasteiger partial charge in [0.05, 0.1) is 5.69 Å². The fourth-order valence-electron chi connectivity index (χ4n) is 2.24. The molecule has 0 bridgehead atoms. The van der Waals surface area contributed by atoms with Crippen molar-refractivity contribution in [3.8, 4) is 10.6 Å². The van der Waals surface area contributed by atoms with E-state index in [1.807, 2.05) is 10.6 Å². The second-order valence-electron chi connectivity index (χ2n) is 4.79. The number of nitrogens with two attached hydrogens (primary N) is 1. The third-order valence-electron chi connectivity index (χ3n) is 3.49. The Morgan fingerprint density at radius 2 is 2.16 bits per heavy atom. The number of hydrogen-bond acceptors (Lipinski definition) is 6. The Kier molecular flexibility index (Phi) is 2.28. The van der Waals surface area contributed by atoms with Crippen LogP contribution in [0.3, 0.4) is 0 Å². The van der Waals surface area contributed by atoms with Crippen molar-refractivity contribution < 1.29 is 0 Å². The average Bonchev–Trinajstić information content (AvgIpc) is 2.89. The predicted molar refractivity (Wildman–Crippen MR) is 72.9 cm³/mol. The highest BCUT2D eigenvalue weighted by Crippen LogP contribution is 2.36. The summed E-state index contributed by atoms with van der Waals surface area (Å²) in [6.07, 6.45) is 7.05. The summed E-state index contributed by atoms with van der Waals surface area (Å²) in [6, 6.07) is 1.88. The van der Waals surface area contributed by atoms with Gasteiger partial charge in [-0.3, -0.25) is 4.98 Å². The quantitative estimate of drug-likeness (QED) is 0.772. The van der Waals surface area contributed by atoms with E-state index in [9.17, 15) is 0 Å². The number of anilines is 1. The average molecular weight is 272 g/mol. The summed E-state index contributed by atoms with van der Waals surface area (Å²) in [5, 5.41) is 13.9. The molecule has 0 spiro atoms. The molecular formula is C12H12N6S. The Hall–Kier alpha value is -2.02. The van der Waals surface area contributed by atoms with Gasteiger partial charge in [0.1, 0.15) is 5.01 Å². The summed E-state index contributed by atoms with van der Waals surface area (Å²) in [4.78, 5) is 4.93. The lowest BCUT2D eigenvalue weighted by molar-refractivity contribution is 0.395.